The van der Waals surface area contributed by atoms with Crippen molar-refractivity contribution < 1.29 is 0 Å². The van der Waals surface area contributed by atoms with Crippen molar-refractivity contribution >= 4 is 0 Å². The highest BCUT2D eigenvalue weighted by Gasteiger charge is 2.20. The van der Waals surface area contributed by atoms with Crippen molar-refractivity contribution in [1.82, 2.24) is 0 Å². The fourth-order valence-electron chi connectivity index (χ4n) is 0.129. The fourth-order valence-corrected chi connectivity index (χ4v) is 0.129. The molecular weight excluding hydrogens is 110 g/mol. The molecule has 0 aliphatic heterocycles. The van der Waals surface area contributed by atoms with Crippen molar-refractivity contribution in [2.24, 2.45) is 11.3 Å². The lowest BCUT2D eigenvalue weighted by Crippen LogP contribution is -2.15. The smallest absolute Gasteiger partial charge is 0.0686 e. The summed E-state index contributed by atoms with van der Waals surface area (Å²) in [5, 5.41) is 8.51. The molecule has 54 valence electrons. The lowest BCUT2D eigenvalue weighted by molar-refractivity contribution is 0.345. The average Bonchev–Trinajstić information content (AvgIpc) is 1.67. The Bertz CT molecular complexity index is 106. The van der Waals surface area contributed by atoms with Gasteiger partial charge in [0.05, 0.1) is 11.5 Å². The van der Waals surface area contributed by atoms with E-state index in [1.807, 2.05) is 13.8 Å². The van der Waals surface area contributed by atoms with E-state index in [0.29, 0.717) is 5.92 Å². The first-order valence-electron chi connectivity index (χ1n) is 2.92. The van der Waals surface area contributed by atoms with Crippen LogP contribution in [0.4, 0.5) is 0 Å². The van der Waals surface area contributed by atoms with E-state index >= 15 is 0 Å². The summed E-state index contributed by atoms with van der Waals surface area (Å²) < 4.78 is 0. The van der Waals surface area contributed by atoms with Gasteiger partial charge in [-0.1, -0.05) is 21.3 Å². The van der Waals surface area contributed by atoms with Gasteiger partial charge in [0.25, 0.3) is 0 Å². The van der Waals surface area contributed by atoms with Gasteiger partial charge in [0.2, 0.25) is 0 Å². The third kappa shape index (κ3) is 3.13. The molecule has 0 N–H and O–H groups in total. The van der Waals surface area contributed by atoms with Gasteiger partial charge >= 0.3 is 0 Å². The Hall–Kier alpha value is -0.510. The minimum absolute atomic E-state index is 0. The molecule has 0 heterocycles. The van der Waals surface area contributed by atoms with Crippen molar-refractivity contribution in [3.8, 4) is 6.07 Å². The Morgan fingerprint density at radius 2 is 1.67 bits per heavy atom. The molecule has 0 aromatic carbocycles. The van der Waals surface area contributed by atoms with Gasteiger partial charge in [0.1, 0.15) is 0 Å². The Balaban J connectivity index is 0. The first kappa shape index (κ1) is 11.3. The summed E-state index contributed by atoms with van der Waals surface area (Å²) >= 11 is 0. The Morgan fingerprint density at radius 3 is 1.67 bits per heavy atom. The summed E-state index contributed by atoms with van der Waals surface area (Å²) in [6, 6.07) is 2.24. The summed E-state index contributed by atoms with van der Waals surface area (Å²) in [7, 11) is 0. The lowest BCUT2D eigenvalue weighted by atomic mass is 9.83. The molecular formula is C8H17N. The maximum atomic E-state index is 8.51. The summed E-state index contributed by atoms with van der Waals surface area (Å²) in [5.74, 6) is 0.451. The molecule has 0 atom stereocenters. The van der Waals surface area contributed by atoms with Crippen LogP contribution in [0.1, 0.15) is 35.1 Å². The Morgan fingerprint density at radius 1 is 1.33 bits per heavy atom. The molecule has 0 aromatic rings. The van der Waals surface area contributed by atoms with Gasteiger partial charge in [-0.15, -0.1) is 0 Å². The van der Waals surface area contributed by atoms with Crippen LogP contribution < -0.4 is 0 Å². The molecule has 0 unspecified atom stereocenters. The van der Waals surface area contributed by atoms with Crippen LogP contribution in [0.15, 0.2) is 0 Å². The third-order valence-electron chi connectivity index (χ3n) is 1.73. The van der Waals surface area contributed by atoms with E-state index in [4.69, 9.17) is 5.26 Å². The molecule has 0 aliphatic carbocycles. The SMILES string of the molecule is C.CC(C)C(C)(C)C#N. The van der Waals surface area contributed by atoms with E-state index in [1.165, 1.54) is 0 Å². The molecule has 0 radical (unpaired) electrons. The van der Waals surface area contributed by atoms with Crippen molar-refractivity contribution in [3.05, 3.63) is 0 Å². The predicted octanol–water partition coefficient (Wildman–Crippen LogP) is 2.83. The highest BCUT2D eigenvalue weighted by atomic mass is 14.3. The van der Waals surface area contributed by atoms with E-state index < -0.39 is 0 Å². The van der Waals surface area contributed by atoms with Gasteiger partial charge in [0.15, 0.2) is 0 Å². The van der Waals surface area contributed by atoms with Gasteiger partial charge in [0, 0.05) is 0 Å². The second-order valence-corrected chi connectivity index (χ2v) is 2.99. The van der Waals surface area contributed by atoms with Gasteiger partial charge in [-0.05, 0) is 19.8 Å². The summed E-state index contributed by atoms with van der Waals surface area (Å²) in [4.78, 5) is 0. The number of hydrogen-bond donors (Lipinski definition) is 0. The van der Waals surface area contributed by atoms with Gasteiger partial charge < -0.3 is 0 Å². The largest absolute Gasteiger partial charge is 0.198 e. The number of nitriles is 1. The van der Waals surface area contributed by atoms with Crippen molar-refractivity contribution in [2.75, 3.05) is 0 Å². The summed E-state index contributed by atoms with van der Waals surface area (Å²) in [6.07, 6.45) is 0. The van der Waals surface area contributed by atoms with E-state index in [9.17, 15) is 0 Å². The zero-order valence-electron chi connectivity index (χ0n) is 6.02. The highest BCUT2D eigenvalue weighted by molar-refractivity contribution is 4.93. The molecule has 0 saturated carbocycles. The zero-order chi connectivity index (χ0) is 6.78. The molecule has 0 spiro atoms. The number of rotatable bonds is 1. The van der Waals surface area contributed by atoms with E-state index in [0.717, 1.165) is 0 Å². The van der Waals surface area contributed by atoms with Crippen LogP contribution in [-0.2, 0) is 0 Å². The van der Waals surface area contributed by atoms with Crippen LogP contribution in [0.25, 0.3) is 0 Å². The maximum absolute atomic E-state index is 8.51. The first-order chi connectivity index (χ1) is 3.50. The van der Waals surface area contributed by atoms with Crippen LogP contribution in [-0.4, -0.2) is 0 Å². The quantitative estimate of drug-likeness (QED) is 0.531. The van der Waals surface area contributed by atoms with Gasteiger partial charge in [-0.3, -0.25) is 0 Å². The van der Waals surface area contributed by atoms with E-state index in [1.54, 1.807) is 0 Å². The maximum Gasteiger partial charge on any atom is 0.0686 e. The van der Waals surface area contributed by atoms with E-state index in [-0.39, 0.29) is 12.8 Å². The van der Waals surface area contributed by atoms with Crippen LogP contribution in [0.3, 0.4) is 0 Å². The standard InChI is InChI=1S/C7H13N.CH4/c1-6(2)7(3,4)5-8;/h6H,1-4H3;1H4. The molecule has 9 heavy (non-hydrogen) atoms. The fraction of sp³-hybridized carbons (Fsp3) is 0.875. The molecule has 1 heteroatoms. The molecule has 0 amide bonds. The van der Waals surface area contributed by atoms with Crippen molar-refractivity contribution in [1.29, 1.82) is 5.26 Å². The number of hydrogen-bond acceptors (Lipinski definition) is 1. The van der Waals surface area contributed by atoms with Crippen LogP contribution in [0.2, 0.25) is 0 Å². The minimum Gasteiger partial charge on any atom is -0.198 e. The highest BCUT2D eigenvalue weighted by Crippen LogP contribution is 2.23. The molecule has 0 bridgehead atoms. The second-order valence-electron chi connectivity index (χ2n) is 2.99. The Labute approximate surface area is 58.7 Å². The molecule has 0 rings (SSSR count). The molecule has 1 nitrogen and oxygen atoms in total. The van der Waals surface area contributed by atoms with E-state index in [2.05, 4.69) is 19.9 Å². The minimum atomic E-state index is -0.153. The van der Waals surface area contributed by atoms with Crippen LogP contribution in [0, 0.1) is 22.7 Å². The van der Waals surface area contributed by atoms with Crippen molar-refractivity contribution in [2.45, 2.75) is 35.1 Å². The lowest BCUT2D eigenvalue weighted by Gasteiger charge is -2.18. The number of nitrogens with zero attached hydrogens (tertiary/aromatic N) is 1. The molecule has 0 saturated heterocycles. The summed E-state index contributed by atoms with van der Waals surface area (Å²) in [5.41, 5.74) is -0.153. The third-order valence-corrected chi connectivity index (χ3v) is 1.73. The topological polar surface area (TPSA) is 23.8 Å². The first-order valence-corrected chi connectivity index (χ1v) is 2.92. The normalized spacial score (nSPS) is 10.2. The van der Waals surface area contributed by atoms with Gasteiger partial charge in [-0.25, -0.2) is 0 Å². The van der Waals surface area contributed by atoms with Crippen LogP contribution >= 0.6 is 0 Å². The summed E-state index contributed by atoms with van der Waals surface area (Å²) in [6.45, 7) is 8.03. The predicted molar refractivity (Wildman–Crippen MR) is 41.0 cm³/mol. The monoisotopic (exact) mass is 127 g/mol. The zero-order valence-corrected chi connectivity index (χ0v) is 6.02. The van der Waals surface area contributed by atoms with Crippen LogP contribution in [0.5, 0.6) is 0 Å². The molecule has 0 aromatic heterocycles. The Kier molecular flexibility index (Phi) is 4.40. The van der Waals surface area contributed by atoms with Gasteiger partial charge in [-0.2, -0.15) is 5.26 Å². The average molecular weight is 127 g/mol. The van der Waals surface area contributed by atoms with Crippen molar-refractivity contribution in [3.63, 3.8) is 0 Å². The second kappa shape index (κ2) is 3.50. The molecule has 0 aliphatic rings. The molecule has 0 fully saturated rings.